The molecule has 0 aromatic heterocycles. The zero-order chi connectivity index (χ0) is 19.9. The van der Waals surface area contributed by atoms with Crippen LogP contribution in [0.4, 0.5) is 0 Å². The van der Waals surface area contributed by atoms with Crippen molar-refractivity contribution in [3.8, 4) is 0 Å². The van der Waals surface area contributed by atoms with Crippen molar-refractivity contribution >= 4 is 5.91 Å². The van der Waals surface area contributed by atoms with Gasteiger partial charge in [-0.1, -0.05) is 0 Å². The zero-order valence-electron chi connectivity index (χ0n) is 18.2. The van der Waals surface area contributed by atoms with Crippen molar-refractivity contribution < 1.29 is 19.0 Å². The average molecular weight is 360 g/mol. The summed E-state index contributed by atoms with van der Waals surface area (Å²) in [5.41, 5.74) is -0.997. The van der Waals surface area contributed by atoms with E-state index in [-0.39, 0.29) is 34.9 Å². The number of amides is 1. The molecule has 0 radical (unpaired) electrons. The molecule has 1 N–H and O–H groups in total. The number of carbonyl (C=O) groups is 1. The Morgan fingerprint density at radius 3 is 1.80 bits per heavy atom. The van der Waals surface area contributed by atoms with Crippen LogP contribution in [-0.4, -0.2) is 48.1 Å². The van der Waals surface area contributed by atoms with Crippen molar-refractivity contribution in [2.45, 2.75) is 104 Å². The summed E-state index contributed by atoms with van der Waals surface area (Å²) >= 11 is 0. The van der Waals surface area contributed by atoms with Crippen LogP contribution in [-0.2, 0) is 19.0 Å². The smallest absolute Gasteiger partial charge is 0.246 e. The summed E-state index contributed by atoms with van der Waals surface area (Å²) in [6.45, 7) is 21.5. The number of hydrogen-bond donors (Lipinski definition) is 1. The van der Waals surface area contributed by atoms with Crippen LogP contribution in [0.5, 0.6) is 0 Å². The van der Waals surface area contributed by atoms with E-state index in [4.69, 9.17) is 14.2 Å². The van der Waals surface area contributed by atoms with Crippen LogP contribution in [0.2, 0.25) is 0 Å². The highest BCUT2D eigenvalue weighted by atomic mass is 16.5. The van der Waals surface area contributed by atoms with Crippen LogP contribution in [0.1, 0.15) is 82.1 Å². The molecule has 5 nitrogen and oxygen atoms in total. The van der Waals surface area contributed by atoms with Crippen LogP contribution < -0.4 is 5.32 Å². The summed E-state index contributed by atoms with van der Waals surface area (Å²) in [4.78, 5) is 11.8. The first-order valence-corrected chi connectivity index (χ1v) is 9.26. The van der Waals surface area contributed by atoms with Crippen molar-refractivity contribution in [3.63, 3.8) is 0 Å². The summed E-state index contributed by atoms with van der Waals surface area (Å²) in [5, 5.41) is 2.88. The van der Waals surface area contributed by atoms with Gasteiger partial charge in [-0.3, -0.25) is 4.79 Å². The molecule has 0 aliphatic carbocycles. The van der Waals surface area contributed by atoms with Gasteiger partial charge in [0.2, 0.25) is 5.91 Å². The van der Waals surface area contributed by atoms with Gasteiger partial charge in [-0.2, -0.15) is 0 Å². The molecule has 0 saturated heterocycles. The highest BCUT2D eigenvalue weighted by Crippen LogP contribution is 2.24. The third kappa shape index (κ3) is 15.3. The standard InChI is InChI=1S/C20H41NO4/c1-17(2,3)24-15-16(22)21-13-11-19(7,8)23-14-12-20(9,10)25-18(4,5)6/h11-15H2,1-10H3,(H,21,22). The lowest BCUT2D eigenvalue weighted by atomic mass is 10.0. The van der Waals surface area contributed by atoms with Gasteiger partial charge in [0.1, 0.15) is 6.61 Å². The molecule has 25 heavy (non-hydrogen) atoms. The van der Waals surface area contributed by atoms with Crippen LogP contribution in [0.25, 0.3) is 0 Å². The maximum Gasteiger partial charge on any atom is 0.246 e. The minimum atomic E-state index is -0.304. The molecular formula is C20H41NO4. The maximum absolute atomic E-state index is 11.8. The fourth-order valence-electron chi connectivity index (χ4n) is 2.36. The van der Waals surface area contributed by atoms with E-state index in [1.807, 2.05) is 34.6 Å². The van der Waals surface area contributed by atoms with Gasteiger partial charge in [-0.25, -0.2) is 0 Å². The molecule has 5 heteroatoms. The second-order valence-electron chi connectivity index (χ2n) is 9.83. The van der Waals surface area contributed by atoms with Crippen molar-refractivity contribution in [1.29, 1.82) is 0 Å². The highest BCUT2D eigenvalue weighted by molar-refractivity contribution is 5.77. The normalized spacial score (nSPS) is 13.8. The first kappa shape index (κ1) is 24.4. The molecule has 0 saturated carbocycles. The van der Waals surface area contributed by atoms with Crippen LogP contribution in [0.15, 0.2) is 0 Å². The molecule has 0 rings (SSSR count). The van der Waals surface area contributed by atoms with E-state index < -0.39 is 0 Å². The molecule has 0 aliphatic heterocycles. The SMILES string of the molecule is CC(C)(C)OCC(=O)NCCC(C)(C)OCCC(C)(C)OC(C)(C)C. The van der Waals surface area contributed by atoms with Gasteiger partial charge in [-0.15, -0.1) is 0 Å². The summed E-state index contributed by atoms with van der Waals surface area (Å²) in [6, 6.07) is 0. The maximum atomic E-state index is 11.8. The Morgan fingerprint density at radius 2 is 1.32 bits per heavy atom. The minimum Gasteiger partial charge on any atom is -0.375 e. The molecule has 0 unspecified atom stereocenters. The second kappa shape index (κ2) is 9.33. The summed E-state index contributed by atoms with van der Waals surface area (Å²) in [7, 11) is 0. The molecule has 0 atom stereocenters. The first-order valence-electron chi connectivity index (χ1n) is 9.26. The lowest BCUT2D eigenvalue weighted by Crippen LogP contribution is -2.38. The summed E-state index contributed by atoms with van der Waals surface area (Å²) in [6.07, 6.45) is 1.56. The molecule has 0 aliphatic rings. The minimum absolute atomic E-state index is 0.0864. The molecule has 0 bridgehead atoms. The monoisotopic (exact) mass is 359 g/mol. The van der Waals surface area contributed by atoms with Gasteiger partial charge < -0.3 is 19.5 Å². The first-order chi connectivity index (χ1) is 11.0. The Balaban J connectivity index is 4.07. The third-order valence-electron chi connectivity index (χ3n) is 3.46. The molecule has 0 heterocycles. The Kier molecular flexibility index (Phi) is 9.09. The molecular weight excluding hydrogens is 318 g/mol. The molecule has 0 spiro atoms. The predicted octanol–water partition coefficient (Wildman–Crippen LogP) is 4.09. The van der Waals surface area contributed by atoms with E-state index in [0.717, 1.165) is 12.8 Å². The lowest BCUT2D eigenvalue weighted by molar-refractivity contribution is -0.133. The van der Waals surface area contributed by atoms with Gasteiger partial charge in [-0.05, 0) is 82.1 Å². The number of carbonyl (C=O) groups excluding carboxylic acids is 1. The van der Waals surface area contributed by atoms with Gasteiger partial charge >= 0.3 is 0 Å². The Bertz CT molecular complexity index is 403. The highest BCUT2D eigenvalue weighted by Gasteiger charge is 2.27. The van der Waals surface area contributed by atoms with Gasteiger partial charge in [0, 0.05) is 6.54 Å². The number of rotatable bonds is 10. The Labute approximate surface area is 155 Å². The summed E-state index contributed by atoms with van der Waals surface area (Å²) < 4.78 is 17.5. The third-order valence-corrected chi connectivity index (χ3v) is 3.46. The Morgan fingerprint density at radius 1 is 0.760 bits per heavy atom. The van der Waals surface area contributed by atoms with E-state index in [1.54, 1.807) is 0 Å². The van der Waals surface area contributed by atoms with E-state index in [1.165, 1.54) is 0 Å². The van der Waals surface area contributed by atoms with Gasteiger partial charge in [0.25, 0.3) is 0 Å². The van der Waals surface area contributed by atoms with Gasteiger partial charge in [0.05, 0.1) is 29.0 Å². The van der Waals surface area contributed by atoms with E-state index in [2.05, 4.69) is 39.9 Å². The molecule has 150 valence electrons. The average Bonchev–Trinajstić information content (AvgIpc) is 2.31. The fourth-order valence-corrected chi connectivity index (χ4v) is 2.36. The van der Waals surface area contributed by atoms with Crippen molar-refractivity contribution in [1.82, 2.24) is 5.32 Å². The van der Waals surface area contributed by atoms with Crippen molar-refractivity contribution in [3.05, 3.63) is 0 Å². The number of ether oxygens (including phenoxy) is 3. The van der Waals surface area contributed by atoms with Crippen LogP contribution in [0, 0.1) is 0 Å². The fraction of sp³-hybridized carbons (Fsp3) is 0.950. The molecule has 0 aromatic carbocycles. The van der Waals surface area contributed by atoms with Crippen LogP contribution in [0.3, 0.4) is 0 Å². The van der Waals surface area contributed by atoms with Crippen molar-refractivity contribution in [2.75, 3.05) is 19.8 Å². The number of nitrogens with one attached hydrogen (secondary N) is 1. The number of hydrogen-bond acceptors (Lipinski definition) is 4. The molecule has 0 fully saturated rings. The molecule has 1 amide bonds. The van der Waals surface area contributed by atoms with Crippen LogP contribution >= 0.6 is 0 Å². The second-order valence-corrected chi connectivity index (χ2v) is 9.83. The van der Waals surface area contributed by atoms with Crippen molar-refractivity contribution in [2.24, 2.45) is 0 Å². The van der Waals surface area contributed by atoms with E-state index in [9.17, 15) is 4.79 Å². The quantitative estimate of drug-likeness (QED) is 0.638. The van der Waals surface area contributed by atoms with E-state index in [0.29, 0.717) is 13.2 Å². The summed E-state index contributed by atoms with van der Waals surface area (Å²) in [5.74, 6) is -0.0922. The lowest BCUT2D eigenvalue weighted by Gasteiger charge is -2.35. The Hall–Kier alpha value is -0.650. The molecule has 0 aromatic rings. The zero-order valence-corrected chi connectivity index (χ0v) is 18.2. The van der Waals surface area contributed by atoms with Gasteiger partial charge in [0.15, 0.2) is 0 Å². The largest absolute Gasteiger partial charge is 0.375 e. The van der Waals surface area contributed by atoms with E-state index >= 15 is 0 Å². The topological polar surface area (TPSA) is 56.8 Å². The predicted molar refractivity (Wildman–Crippen MR) is 103 cm³/mol.